The highest BCUT2D eigenvalue weighted by Crippen LogP contribution is 2.35. The number of benzene rings is 2. The normalized spacial score (nSPS) is 10.5. The molecule has 0 aliphatic rings. The van der Waals surface area contributed by atoms with Crippen molar-refractivity contribution in [3.8, 4) is 0 Å². The minimum Gasteiger partial charge on any atom is -0.392 e. The van der Waals surface area contributed by atoms with E-state index < -0.39 is 0 Å². The van der Waals surface area contributed by atoms with Gasteiger partial charge in [-0.1, -0.05) is 47.6 Å². The zero-order chi connectivity index (χ0) is 14.5. The first-order valence-electron chi connectivity index (χ1n) is 6.40. The van der Waals surface area contributed by atoms with Gasteiger partial charge in [-0.3, -0.25) is 0 Å². The van der Waals surface area contributed by atoms with Gasteiger partial charge >= 0.3 is 0 Å². The Morgan fingerprint density at radius 2 is 1.71 bits per heavy atom. The minimum atomic E-state index is -0.0438. The van der Waals surface area contributed by atoms with Crippen LogP contribution < -0.4 is 0 Å². The quantitative estimate of drug-likeness (QED) is 0.866. The van der Waals surface area contributed by atoms with Gasteiger partial charge in [-0.05, 0) is 37.9 Å². The molecule has 0 aliphatic heterocycles. The molecule has 2 rings (SSSR count). The second-order valence-corrected chi connectivity index (χ2v) is 6.31. The molecular weight excluding hydrogens is 325 g/mol. The molecule has 114 valence electrons. The van der Waals surface area contributed by atoms with E-state index in [9.17, 15) is 5.11 Å². The zero-order valence-electron chi connectivity index (χ0n) is 12.0. The van der Waals surface area contributed by atoms with E-state index in [2.05, 4.69) is 31.1 Å². The maximum Gasteiger partial charge on any atom is 0.0707 e. The van der Waals surface area contributed by atoms with Gasteiger partial charge < -0.3 is 10.0 Å². The van der Waals surface area contributed by atoms with Gasteiger partial charge in [0.15, 0.2) is 0 Å². The SMILES string of the molecule is CN(C)Cc1ccccc1Sc1cccc(Cl)c1CO.Cl. The molecule has 2 nitrogen and oxygen atoms in total. The summed E-state index contributed by atoms with van der Waals surface area (Å²) < 4.78 is 0. The van der Waals surface area contributed by atoms with E-state index in [1.807, 2.05) is 30.3 Å². The average Bonchev–Trinajstić information content (AvgIpc) is 2.41. The van der Waals surface area contributed by atoms with Gasteiger partial charge in [0, 0.05) is 26.9 Å². The van der Waals surface area contributed by atoms with Crippen molar-refractivity contribution < 1.29 is 5.11 Å². The second kappa shape index (κ2) is 8.66. The second-order valence-electron chi connectivity index (χ2n) is 4.82. The minimum absolute atomic E-state index is 0. The van der Waals surface area contributed by atoms with Crippen LogP contribution in [0.25, 0.3) is 0 Å². The Labute approximate surface area is 141 Å². The molecule has 0 bridgehead atoms. The third kappa shape index (κ3) is 4.90. The lowest BCUT2D eigenvalue weighted by atomic mass is 10.2. The number of hydrogen-bond donors (Lipinski definition) is 1. The molecule has 0 atom stereocenters. The molecule has 0 aromatic heterocycles. The topological polar surface area (TPSA) is 23.5 Å². The van der Waals surface area contributed by atoms with Crippen molar-refractivity contribution in [3.05, 3.63) is 58.6 Å². The van der Waals surface area contributed by atoms with E-state index in [0.29, 0.717) is 5.02 Å². The molecule has 0 fully saturated rings. The summed E-state index contributed by atoms with van der Waals surface area (Å²) in [5.74, 6) is 0. The maximum atomic E-state index is 9.49. The molecule has 0 heterocycles. The Balaban J connectivity index is 0.00000220. The lowest BCUT2D eigenvalue weighted by molar-refractivity contribution is 0.279. The molecule has 0 radical (unpaired) electrons. The highest BCUT2D eigenvalue weighted by Gasteiger charge is 2.10. The molecule has 0 spiro atoms. The Kier molecular flexibility index (Phi) is 7.57. The van der Waals surface area contributed by atoms with Crippen molar-refractivity contribution in [2.75, 3.05) is 14.1 Å². The predicted octanol–water partition coefficient (Wildman–Crippen LogP) is 4.47. The number of halogens is 2. The summed E-state index contributed by atoms with van der Waals surface area (Å²) in [6.07, 6.45) is 0. The fourth-order valence-electron chi connectivity index (χ4n) is 1.98. The molecule has 21 heavy (non-hydrogen) atoms. The highest BCUT2D eigenvalue weighted by atomic mass is 35.5. The van der Waals surface area contributed by atoms with Crippen LogP contribution in [0.5, 0.6) is 0 Å². The highest BCUT2D eigenvalue weighted by molar-refractivity contribution is 7.99. The van der Waals surface area contributed by atoms with E-state index in [4.69, 9.17) is 11.6 Å². The first kappa shape index (κ1) is 18.3. The van der Waals surface area contributed by atoms with E-state index in [1.165, 1.54) is 10.5 Å². The summed E-state index contributed by atoms with van der Waals surface area (Å²) in [6, 6.07) is 14.0. The van der Waals surface area contributed by atoms with Gasteiger partial charge in [0.2, 0.25) is 0 Å². The van der Waals surface area contributed by atoms with Crippen molar-refractivity contribution >= 4 is 35.8 Å². The number of aliphatic hydroxyl groups excluding tert-OH is 1. The van der Waals surface area contributed by atoms with Crippen molar-refractivity contribution in [1.82, 2.24) is 4.90 Å². The van der Waals surface area contributed by atoms with Crippen LogP contribution >= 0.6 is 35.8 Å². The lowest BCUT2D eigenvalue weighted by Crippen LogP contribution is -2.11. The monoisotopic (exact) mass is 343 g/mol. The number of nitrogens with zero attached hydrogens (tertiary/aromatic N) is 1. The van der Waals surface area contributed by atoms with Crippen molar-refractivity contribution in [1.29, 1.82) is 0 Å². The Morgan fingerprint density at radius 1 is 1.05 bits per heavy atom. The van der Waals surface area contributed by atoms with Crippen LogP contribution in [0.15, 0.2) is 52.3 Å². The average molecular weight is 344 g/mol. The van der Waals surface area contributed by atoms with Crippen molar-refractivity contribution in [3.63, 3.8) is 0 Å². The molecule has 0 amide bonds. The number of hydrogen-bond acceptors (Lipinski definition) is 3. The number of rotatable bonds is 5. The molecule has 2 aromatic rings. The zero-order valence-corrected chi connectivity index (χ0v) is 14.4. The molecule has 0 unspecified atom stereocenters. The third-order valence-electron chi connectivity index (χ3n) is 2.91. The van der Waals surface area contributed by atoms with Crippen LogP contribution in [0.1, 0.15) is 11.1 Å². The van der Waals surface area contributed by atoms with E-state index >= 15 is 0 Å². The summed E-state index contributed by atoms with van der Waals surface area (Å²) >= 11 is 7.79. The Hall–Kier alpha value is -0.710. The lowest BCUT2D eigenvalue weighted by Gasteiger charge is -2.15. The van der Waals surface area contributed by atoms with Gasteiger partial charge in [-0.25, -0.2) is 0 Å². The maximum absolute atomic E-state index is 9.49. The first-order chi connectivity index (χ1) is 9.61. The van der Waals surface area contributed by atoms with Gasteiger partial charge in [0.1, 0.15) is 0 Å². The summed E-state index contributed by atoms with van der Waals surface area (Å²) in [5, 5.41) is 10.1. The molecular formula is C16H19Cl2NOS. The van der Waals surface area contributed by atoms with Gasteiger partial charge in [-0.15, -0.1) is 12.4 Å². The summed E-state index contributed by atoms with van der Waals surface area (Å²) in [6.45, 7) is 0.843. The van der Waals surface area contributed by atoms with Gasteiger partial charge in [0.05, 0.1) is 6.61 Å². The molecule has 0 saturated heterocycles. The third-order valence-corrected chi connectivity index (χ3v) is 4.49. The van der Waals surface area contributed by atoms with Crippen LogP contribution in [0.2, 0.25) is 5.02 Å². The molecule has 0 aliphatic carbocycles. The van der Waals surface area contributed by atoms with Crippen LogP contribution in [0, 0.1) is 0 Å². The van der Waals surface area contributed by atoms with Crippen LogP contribution in [0.4, 0.5) is 0 Å². The molecule has 5 heteroatoms. The van der Waals surface area contributed by atoms with Gasteiger partial charge in [0.25, 0.3) is 0 Å². The molecule has 0 saturated carbocycles. The largest absolute Gasteiger partial charge is 0.392 e. The van der Waals surface area contributed by atoms with Crippen LogP contribution in [-0.4, -0.2) is 24.1 Å². The first-order valence-corrected chi connectivity index (χ1v) is 7.60. The van der Waals surface area contributed by atoms with Crippen molar-refractivity contribution in [2.45, 2.75) is 22.9 Å². The van der Waals surface area contributed by atoms with Crippen LogP contribution in [0.3, 0.4) is 0 Å². The van der Waals surface area contributed by atoms with E-state index in [0.717, 1.165) is 17.0 Å². The summed E-state index contributed by atoms with van der Waals surface area (Å²) in [4.78, 5) is 4.34. The van der Waals surface area contributed by atoms with Crippen LogP contribution in [-0.2, 0) is 13.2 Å². The predicted molar refractivity (Wildman–Crippen MR) is 92.6 cm³/mol. The van der Waals surface area contributed by atoms with E-state index in [-0.39, 0.29) is 19.0 Å². The summed E-state index contributed by atoms with van der Waals surface area (Å²) in [5.41, 5.74) is 2.06. The fraction of sp³-hybridized carbons (Fsp3) is 0.250. The fourth-order valence-corrected chi connectivity index (χ4v) is 3.36. The Morgan fingerprint density at radius 3 is 2.38 bits per heavy atom. The molecule has 2 aromatic carbocycles. The summed E-state index contributed by atoms with van der Waals surface area (Å²) in [7, 11) is 4.11. The molecule has 1 N–H and O–H groups in total. The Bertz CT molecular complexity index is 590. The number of aliphatic hydroxyl groups is 1. The standard InChI is InChI=1S/C16H18ClNOS.ClH/c1-18(2)10-12-6-3-4-8-15(12)20-16-9-5-7-14(17)13(16)11-19;/h3-9,19H,10-11H2,1-2H3;1H. The van der Waals surface area contributed by atoms with Gasteiger partial charge in [-0.2, -0.15) is 0 Å². The van der Waals surface area contributed by atoms with Crippen molar-refractivity contribution in [2.24, 2.45) is 0 Å². The smallest absolute Gasteiger partial charge is 0.0707 e. The van der Waals surface area contributed by atoms with E-state index in [1.54, 1.807) is 11.8 Å².